The molecule has 0 saturated carbocycles. The van der Waals surface area contributed by atoms with Gasteiger partial charge in [0.05, 0.1) is 5.97 Å². The molecule has 0 amide bonds. The van der Waals surface area contributed by atoms with Gasteiger partial charge < -0.3 is 43.9 Å². The fourth-order valence-electron chi connectivity index (χ4n) is 0.684. The number of carboxylic acids is 3. The van der Waals surface area contributed by atoms with Crippen LogP contribution in [-0.4, -0.2) is 46.1 Å². The average Bonchev–Trinajstić information content (AvgIpc) is 1.95. The molecule has 0 atom stereocenters. The molecule has 22 heavy (non-hydrogen) atoms. The van der Waals surface area contributed by atoms with Crippen LogP contribution in [0.4, 0.5) is 0 Å². The summed E-state index contributed by atoms with van der Waals surface area (Å²) in [7, 11) is -5.17. The Balaban J connectivity index is -0.0000000627. The molecule has 0 aromatic carbocycles. The molecule has 0 spiro atoms. The van der Waals surface area contributed by atoms with Crippen LogP contribution in [0.5, 0.6) is 0 Å². The number of hydrogen-bond acceptors (Lipinski definition) is 11. The van der Waals surface area contributed by atoms with Crippen LogP contribution < -0.4 is 104 Å². The van der Waals surface area contributed by atoms with Crippen molar-refractivity contribution >= 4 is 28.3 Å². The Morgan fingerprint density at radius 2 is 1.05 bits per heavy atom. The smallest absolute Gasteiger partial charge is 0.759 e. The zero-order valence-corrected chi connectivity index (χ0v) is 19.4. The van der Waals surface area contributed by atoms with Crippen molar-refractivity contribution in [3.63, 3.8) is 0 Å². The summed E-state index contributed by atoms with van der Waals surface area (Å²) in [5, 5.41) is 38.9. The second-order valence-corrected chi connectivity index (χ2v) is 3.64. The number of carbonyl (C=O) groups excluding carboxylic acids is 3. The number of carbonyl (C=O) groups is 3. The maximum absolute atomic E-state index is 10.1. The van der Waals surface area contributed by atoms with Crippen molar-refractivity contribution in [3.05, 3.63) is 0 Å². The van der Waals surface area contributed by atoms with Gasteiger partial charge in [-0.1, -0.05) is 0 Å². The minimum atomic E-state index is -5.17. The maximum atomic E-state index is 10.1. The Morgan fingerprint density at radius 1 is 0.864 bits per heavy atom. The van der Waals surface area contributed by atoms with E-state index in [1.54, 1.807) is 0 Å². The molecule has 0 saturated heterocycles. The molecule has 0 aliphatic rings. The van der Waals surface area contributed by atoms with Crippen LogP contribution in [0.3, 0.4) is 0 Å². The molecule has 0 aromatic rings. The summed E-state index contributed by atoms with van der Waals surface area (Å²) >= 11 is 0. The van der Waals surface area contributed by atoms with Crippen molar-refractivity contribution in [2.75, 3.05) is 0 Å². The van der Waals surface area contributed by atoms with Gasteiger partial charge in [0.2, 0.25) is 0 Å². The first kappa shape index (κ1) is 39.0. The topological polar surface area (TPSA) is 221 Å². The van der Waals surface area contributed by atoms with E-state index in [2.05, 4.69) is 0 Å². The summed E-state index contributed by atoms with van der Waals surface area (Å²) in [5.74, 6) is -5.98. The first-order valence-electron chi connectivity index (χ1n) is 3.78. The van der Waals surface area contributed by atoms with E-state index in [0.717, 1.165) is 0 Å². The summed E-state index contributed by atoms with van der Waals surface area (Å²) in [6.45, 7) is 0. The van der Waals surface area contributed by atoms with Crippen LogP contribution in [0.25, 0.3) is 0 Å². The van der Waals surface area contributed by atoms with Crippen LogP contribution in [-0.2, 0) is 41.9 Å². The Kier molecular flexibility index (Phi) is 31.2. The van der Waals surface area contributed by atoms with Gasteiger partial charge in [-0.2, -0.15) is 0 Å². The number of aliphatic hydroxyl groups is 1. The monoisotopic (exact) mass is 417 g/mol. The van der Waals surface area contributed by atoms with Crippen molar-refractivity contribution < 1.29 is 158 Å². The van der Waals surface area contributed by atoms with Crippen molar-refractivity contribution in [1.29, 1.82) is 0 Å². The minimum absolute atomic E-state index is 0. The second kappa shape index (κ2) is 17.6. The van der Waals surface area contributed by atoms with E-state index in [-0.39, 0.29) is 106 Å². The Bertz CT molecular complexity index is 415. The molecule has 115 valence electrons. The van der Waals surface area contributed by atoms with Crippen LogP contribution in [0.2, 0.25) is 0 Å². The van der Waals surface area contributed by atoms with Gasteiger partial charge in [0, 0.05) is 35.2 Å². The SMILES string of the molecule is O=C([O-])CC(O)(CC(=O)[O-])C(=O)[O-].O=S(=O)([O-])[O-].[Cu+2].[Na+].[Na+].[Na+]. The number of hydrogen-bond donors (Lipinski definition) is 1. The summed E-state index contributed by atoms with van der Waals surface area (Å²) in [6, 6.07) is 0. The van der Waals surface area contributed by atoms with Crippen LogP contribution >= 0.6 is 0 Å². The van der Waals surface area contributed by atoms with Gasteiger partial charge in [0.25, 0.3) is 0 Å². The number of rotatable bonds is 5. The largest absolute Gasteiger partial charge is 2.00 e. The molecule has 1 radical (unpaired) electrons. The Hall–Kier alpha value is 1.76. The number of aliphatic carboxylic acids is 3. The molecule has 0 aliphatic carbocycles. The van der Waals surface area contributed by atoms with Crippen molar-refractivity contribution in [3.8, 4) is 0 Å². The zero-order chi connectivity index (χ0) is 15.1. The van der Waals surface area contributed by atoms with Gasteiger partial charge >= 0.3 is 106 Å². The molecule has 0 rings (SSSR count). The second-order valence-electron chi connectivity index (χ2n) is 2.82. The molecule has 0 heterocycles. The van der Waals surface area contributed by atoms with Gasteiger partial charge in [-0.3, -0.25) is 8.42 Å². The summed E-state index contributed by atoms with van der Waals surface area (Å²) in [6.07, 6.45) is -2.72. The van der Waals surface area contributed by atoms with Gasteiger partial charge in [-0.05, 0) is 0 Å². The van der Waals surface area contributed by atoms with Crippen molar-refractivity contribution in [2.45, 2.75) is 18.4 Å². The summed E-state index contributed by atoms with van der Waals surface area (Å²) in [4.78, 5) is 30.0. The molecule has 0 aliphatic heterocycles. The standard InChI is InChI=1S/C6H8O7.Cu.3Na.H2O4S/c7-3(8)1-6(13,5(11)12)2-4(9)10;;;;;1-5(2,3)4/h13H,1-2H2,(H,7,8)(H,9,10)(H,11,12);;;;;(H2,1,2,3,4)/q;+2;3*+1;/p-5. The van der Waals surface area contributed by atoms with Gasteiger partial charge in [0.1, 0.15) is 5.60 Å². The predicted molar refractivity (Wildman–Crippen MR) is 39.7 cm³/mol. The van der Waals surface area contributed by atoms with E-state index in [1.165, 1.54) is 0 Å². The van der Waals surface area contributed by atoms with Crippen LogP contribution in [0, 0.1) is 0 Å². The van der Waals surface area contributed by atoms with Gasteiger partial charge in [0.15, 0.2) is 0 Å². The first-order chi connectivity index (χ1) is 7.78. The van der Waals surface area contributed by atoms with Gasteiger partial charge in [-0.25, -0.2) is 0 Å². The Labute approximate surface area is 202 Å². The molecule has 11 nitrogen and oxygen atoms in total. The quantitative estimate of drug-likeness (QED) is 0.251. The molecular weight excluding hydrogens is 413 g/mol. The predicted octanol–water partition coefficient (Wildman–Crippen LogP) is -15.6. The van der Waals surface area contributed by atoms with E-state index in [9.17, 15) is 29.7 Å². The summed E-state index contributed by atoms with van der Waals surface area (Å²) in [5.41, 5.74) is -2.97. The molecule has 0 aromatic heterocycles. The average molecular weight is 418 g/mol. The molecule has 1 N–H and O–H groups in total. The zero-order valence-electron chi connectivity index (χ0n) is 11.7. The molecule has 16 heteroatoms. The van der Waals surface area contributed by atoms with Crippen LogP contribution in [0.1, 0.15) is 12.8 Å². The third kappa shape index (κ3) is 29.7. The normalized spacial score (nSPS) is 9.05. The third-order valence-corrected chi connectivity index (χ3v) is 1.25. The van der Waals surface area contributed by atoms with E-state index in [4.69, 9.17) is 22.6 Å². The van der Waals surface area contributed by atoms with Crippen LogP contribution in [0.15, 0.2) is 0 Å². The Morgan fingerprint density at radius 3 is 1.14 bits per heavy atom. The summed E-state index contributed by atoms with van der Waals surface area (Å²) < 4.78 is 34.1. The van der Waals surface area contributed by atoms with E-state index >= 15 is 0 Å². The maximum Gasteiger partial charge on any atom is 2.00 e. The first-order valence-corrected chi connectivity index (χ1v) is 5.11. The van der Waals surface area contributed by atoms with E-state index in [1.807, 2.05) is 0 Å². The van der Waals surface area contributed by atoms with E-state index in [0.29, 0.717) is 0 Å². The third-order valence-electron chi connectivity index (χ3n) is 1.25. The molecule has 0 bridgehead atoms. The van der Waals surface area contributed by atoms with E-state index < -0.39 is 46.7 Å². The number of carboxylic acid groups (broad SMARTS) is 3. The van der Waals surface area contributed by atoms with Gasteiger partial charge in [-0.15, -0.1) is 0 Å². The van der Waals surface area contributed by atoms with Crippen molar-refractivity contribution in [1.82, 2.24) is 0 Å². The molecule has 0 fully saturated rings. The molecular formula is C6H5CuNa3O11S. The van der Waals surface area contributed by atoms with Crippen molar-refractivity contribution in [2.24, 2.45) is 0 Å². The fourth-order valence-corrected chi connectivity index (χ4v) is 0.684. The minimum Gasteiger partial charge on any atom is -0.759 e. The fraction of sp³-hybridized carbons (Fsp3) is 0.500. The molecule has 0 unspecified atom stereocenters.